The summed E-state index contributed by atoms with van der Waals surface area (Å²) in [5, 5.41) is 1.99. The van der Waals surface area contributed by atoms with Gasteiger partial charge in [-0.3, -0.25) is 0 Å². The molecule has 0 saturated heterocycles. The summed E-state index contributed by atoms with van der Waals surface area (Å²) < 4.78 is 15.9. The van der Waals surface area contributed by atoms with Crippen molar-refractivity contribution in [2.45, 2.75) is 19.8 Å². The second-order valence-electron chi connectivity index (χ2n) is 7.08. The molecule has 0 atom stereocenters. The van der Waals surface area contributed by atoms with Gasteiger partial charge in [0.15, 0.2) is 0 Å². The predicted octanol–water partition coefficient (Wildman–Crippen LogP) is 5.48. The standard InChI is InChI=1S/C22H22ClFN2/c1-15(16-4-3-5-18(24)12-16)14-26-21-7-6-17(23)13-20(21)19-8-10-25(2)11-9-22(19)26/h3-7,12-14H,8-11H2,1-2H3/b15-14-. The quantitative estimate of drug-likeness (QED) is 0.581. The van der Waals surface area contributed by atoms with Gasteiger partial charge in [0.2, 0.25) is 0 Å². The van der Waals surface area contributed by atoms with E-state index in [0.717, 1.165) is 42.1 Å². The Morgan fingerprint density at radius 3 is 2.73 bits per heavy atom. The van der Waals surface area contributed by atoms with E-state index < -0.39 is 0 Å². The zero-order valence-corrected chi connectivity index (χ0v) is 15.9. The van der Waals surface area contributed by atoms with Crippen molar-refractivity contribution in [1.82, 2.24) is 9.47 Å². The normalized spacial score (nSPS) is 15.9. The summed E-state index contributed by atoms with van der Waals surface area (Å²) in [5.74, 6) is -0.208. The van der Waals surface area contributed by atoms with Gasteiger partial charge in [-0.25, -0.2) is 4.39 Å². The summed E-state index contributed by atoms with van der Waals surface area (Å²) in [6.07, 6.45) is 4.14. The van der Waals surface area contributed by atoms with Crippen molar-refractivity contribution < 1.29 is 4.39 Å². The maximum Gasteiger partial charge on any atom is 0.123 e. The molecule has 1 aliphatic rings. The minimum Gasteiger partial charge on any atom is -0.320 e. The molecule has 0 amide bonds. The van der Waals surface area contributed by atoms with Crippen LogP contribution in [0.15, 0.2) is 42.5 Å². The van der Waals surface area contributed by atoms with Gasteiger partial charge >= 0.3 is 0 Å². The fourth-order valence-electron chi connectivity index (χ4n) is 3.82. The van der Waals surface area contributed by atoms with Crippen molar-refractivity contribution in [2.75, 3.05) is 20.1 Å². The predicted molar refractivity (Wildman–Crippen MR) is 108 cm³/mol. The third-order valence-electron chi connectivity index (χ3n) is 5.26. The fourth-order valence-corrected chi connectivity index (χ4v) is 3.99. The molecule has 1 aliphatic heterocycles. The molecule has 0 fully saturated rings. The Labute approximate surface area is 158 Å². The summed E-state index contributed by atoms with van der Waals surface area (Å²) in [6.45, 7) is 4.11. The zero-order chi connectivity index (χ0) is 18.3. The highest BCUT2D eigenvalue weighted by Gasteiger charge is 2.20. The first kappa shape index (κ1) is 17.3. The number of aromatic nitrogens is 1. The van der Waals surface area contributed by atoms with Crippen LogP contribution in [0.5, 0.6) is 0 Å². The molecule has 0 N–H and O–H groups in total. The van der Waals surface area contributed by atoms with Gasteiger partial charge in [-0.15, -0.1) is 0 Å². The Bertz CT molecular complexity index is 1000. The fraction of sp³-hybridized carbons (Fsp3) is 0.273. The molecule has 0 spiro atoms. The third-order valence-corrected chi connectivity index (χ3v) is 5.49. The van der Waals surface area contributed by atoms with Crippen LogP contribution >= 0.6 is 11.6 Å². The number of hydrogen-bond acceptors (Lipinski definition) is 1. The van der Waals surface area contributed by atoms with Crippen molar-refractivity contribution >= 4 is 34.3 Å². The van der Waals surface area contributed by atoms with E-state index in [1.807, 2.05) is 19.1 Å². The number of allylic oxidation sites excluding steroid dienone is 1. The Kier molecular flexibility index (Phi) is 4.60. The van der Waals surface area contributed by atoms with Crippen LogP contribution in [-0.4, -0.2) is 29.6 Å². The van der Waals surface area contributed by atoms with Crippen molar-refractivity contribution in [2.24, 2.45) is 0 Å². The minimum absolute atomic E-state index is 0.208. The number of hydrogen-bond donors (Lipinski definition) is 0. The lowest BCUT2D eigenvalue weighted by Gasteiger charge is -2.13. The van der Waals surface area contributed by atoms with Gasteiger partial charge in [0.05, 0.1) is 5.52 Å². The number of benzene rings is 2. The van der Waals surface area contributed by atoms with E-state index >= 15 is 0 Å². The van der Waals surface area contributed by atoms with Crippen LogP contribution in [0.25, 0.3) is 22.7 Å². The Hall–Kier alpha value is -2.10. The van der Waals surface area contributed by atoms with E-state index in [-0.39, 0.29) is 5.82 Å². The molecule has 134 valence electrons. The molecule has 2 heterocycles. The summed E-state index contributed by atoms with van der Waals surface area (Å²) in [6, 6.07) is 12.9. The van der Waals surface area contributed by atoms with Gasteiger partial charge < -0.3 is 9.47 Å². The SMILES string of the molecule is C/C(=C/n1c2c(c3cc(Cl)ccc31)CCN(C)CC2)c1cccc(F)c1. The molecule has 2 nitrogen and oxygen atoms in total. The van der Waals surface area contributed by atoms with E-state index in [1.54, 1.807) is 12.1 Å². The number of nitrogens with zero attached hydrogens (tertiary/aromatic N) is 2. The molecule has 0 bridgehead atoms. The highest BCUT2D eigenvalue weighted by atomic mass is 35.5. The lowest BCUT2D eigenvalue weighted by molar-refractivity contribution is 0.351. The molecule has 4 rings (SSSR count). The first-order valence-electron chi connectivity index (χ1n) is 8.97. The summed E-state index contributed by atoms with van der Waals surface area (Å²) in [5.41, 5.74) is 5.83. The van der Waals surface area contributed by atoms with Crippen LogP contribution in [0.2, 0.25) is 5.02 Å². The van der Waals surface area contributed by atoms with E-state index in [2.05, 4.69) is 34.8 Å². The first-order chi connectivity index (χ1) is 12.5. The molecule has 3 aromatic rings. The molecule has 0 saturated carbocycles. The molecule has 0 radical (unpaired) electrons. The summed E-state index contributed by atoms with van der Waals surface area (Å²) in [7, 11) is 2.17. The van der Waals surface area contributed by atoms with Crippen LogP contribution < -0.4 is 0 Å². The van der Waals surface area contributed by atoms with Gasteiger partial charge in [0.25, 0.3) is 0 Å². The van der Waals surface area contributed by atoms with Gasteiger partial charge in [-0.05, 0) is 67.4 Å². The average molecular weight is 369 g/mol. The molecule has 1 aromatic heterocycles. The lowest BCUT2D eigenvalue weighted by Crippen LogP contribution is -2.21. The van der Waals surface area contributed by atoms with Crippen molar-refractivity contribution in [3.8, 4) is 0 Å². The number of fused-ring (bicyclic) bond motifs is 3. The van der Waals surface area contributed by atoms with Crippen LogP contribution in [0.1, 0.15) is 23.7 Å². The van der Waals surface area contributed by atoms with E-state index in [4.69, 9.17) is 11.6 Å². The molecule has 2 aromatic carbocycles. The van der Waals surface area contributed by atoms with E-state index in [9.17, 15) is 4.39 Å². The number of halogens is 2. The van der Waals surface area contributed by atoms with Gasteiger partial charge in [-0.2, -0.15) is 0 Å². The molecular weight excluding hydrogens is 347 g/mol. The van der Waals surface area contributed by atoms with Crippen molar-refractivity contribution in [3.63, 3.8) is 0 Å². The van der Waals surface area contributed by atoms with Crippen molar-refractivity contribution in [3.05, 3.63) is 70.1 Å². The summed E-state index contributed by atoms with van der Waals surface area (Å²) in [4.78, 5) is 2.36. The maximum absolute atomic E-state index is 13.6. The Morgan fingerprint density at radius 1 is 1.12 bits per heavy atom. The number of rotatable bonds is 2. The largest absolute Gasteiger partial charge is 0.320 e. The smallest absolute Gasteiger partial charge is 0.123 e. The maximum atomic E-state index is 13.6. The molecule has 26 heavy (non-hydrogen) atoms. The average Bonchev–Trinajstić information content (AvgIpc) is 2.75. The van der Waals surface area contributed by atoms with Crippen LogP contribution in [0, 0.1) is 5.82 Å². The molecule has 0 aliphatic carbocycles. The topological polar surface area (TPSA) is 8.17 Å². The molecule has 4 heteroatoms. The Balaban J connectivity index is 1.90. The minimum atomic E-state index is -0.208. The van der Waals surface area contributed by atoms with Gasteiger partial charge in [0.1, 0.15) is 5.82 Å². The zero-order valence-electron chi connectivity index (χ0n) is 15.1. The summed E-state index contributed by atoms with van der Waals surface area (Å²) >= 11 is 6.28. The molecule has 0 unspecified atom stereocenters. The number of likely N-dealkylation sites (N-methyl/N-ethyl adjacent to an activating group) is 1. The second kappa shape index (κ2) is 6.90. The third kappa shape index (κ3) is 3.17. The van der Waals surface area contributed by atoms with Crippen LogP contribution in [-0.2, 0) is 12.8 Å². The second-order valence-corrected chi connectivity index (χ2v) is 7.52. The van der Waals surface area contributed by atoms with E-state index in [0.29, 0.717) is 0 Å². The highest BCUT2D eigenvalue weighted by molar-refractivity contribution is 6.31. The lowest BCUT2D eigenvalue weighted by atomic mass is 10.1. The molecular formula is C22H22ClFN2. The highest BCUT2D eigenvalue weighted by Crippen LogP contribution is 2.32. The van der Waals surface area contributed by atoms with E-state index in [1.165, 1.54) is 28.2 Å². The van der Waals surface area contributed by atoms with Crippen LogP contribution in [0.3, 0.4) is 0 Å². The van der Waals surface area contributed by atoms with Gasteiger partial charge in [0, 0.05) is 41.8 Å². The first-order valence-corrected chi connectivity index (χ1v) is 9.35. The monoisotopic (exact) mass is 368 g/mol. The van der Waals surface area contributed by atoms with Gasteiger partial charge in [-0.1, -0.05) is 23.7 Å². The van der Waals surface area contributed by atoms with Crippen molar-refractivity contribution in [1.29, 1.82) is 0 Å². The van der Waals surface area contributed by atoms with Crippen LogP contribution in [0.4, 0.5) is 4.39 Å². The Morgan fingerprint density at radius 2 is 1.92 bits per heavy atom.